The first kappa shape index (κ1) is 15.0. The normalized spacial score (nSPS) is 13.8. The minimum Gasteiger partial charge on any atom is -0.303 e. The molecule has 0 aromatic carbocycles. The van der Waals surface area contributed by atoms with Crippen molar-refractivity contribution in [3.63, 3.8) is 0 Å². The molecule has 0 saturated heterocycles. The van der Waals surface area contributed by atoms with Gasteiger partial charge >= 0.3 is 0 Å². The summed E-state index contributed by atoms with van der Waals surface area (Å²) < 4.78 is 0. The third-order valence-electron chi connectivity index (χ3n) is 3.34. The molecule has 1 nitrogen and oxygen atoms in total. The number of hydrogen-bond acceptors (Lipinski definition) is 1. The second-order valence-corrected chi connectivity index (χ2v) is 5.23. The monoisotopic (exact) mass is 213 g/mol. The van der Waals surface area contributed by atoms with Crippen LogP contribution in [0.4, 0.5) is 0 Å². The second kappa shape index (κ2) is 9.21. The van der Waals surface area contributed by atoms with E-state index < -0.39 is 0 Å². The zero-order valence-corrected chi connectivity index (χ0v) is 11.6. The van der Waals surface area contributed by atoms with Gasteiger partial charge in [-0.15, -0.1) is 0 Å². The maximum atomic E-state index is 2.66. The maximum absolute atomic E-state index is 2.66. The van der Waals surface area contributed by atoms with Crippen LogP contribution < -0.4 is 0 Å². The standard InChI is InChI=1S/C14H31N/c1-6-8-10-15(11-9-7-2)12-14(5)13(3)4/h13-14H,6-12H2,1-5H3. The Labute approximate surface area is 97.2 Å². The van der Waals surface area contributed by atoms with E-state index >= 15 is 0 Å². The van der Waals surface area contributed by atoms with Gasteiger partial charge in [-0.2, -0.15) is 0 Å². The van der Waals surface area contributed by atoms with Crippen molar-refractivity contribution in [1.29, 1.82) is 0 Å². The average molecular weight is 213 g/mol. The molecule has 0 saturated carbocycles. The summed E-state index contributed by atoms with van der Waals surface area (Å²) in [6.07, 6.45) is 5.35. The van der Waals surface area contributed by atoms with Crippen molar-refractivity contribution < 1.29 is 0 Å². The third kappa shape index (κ3) is 7.84. The van der Waals surface area contributed by atoms with Gasteiger partial charge in [0.1, 0.15) is 0 Å². The largest absolute Gasteiger partial charge is 0.303 e. The highest BCUT2D eigenvalue weighted by molar-refractivity contribution is 4.65. The van der Waals surface area contributed by atoms with Crippen LogP contribution in [-0.2, 0) is 0 Å². The zero-order valence-electron chi connectivity index (χ0n) is 11.6. The summed E-state index contributed by atoms with van der Waals surface area (Å²) in [7, 11) is 0. The topological polar surface area (TPSA) is 3.24 Å². The first-order valence-electron chi connectivity index (χ1n) is 6.84. The highest BCUT2D eigenvalue weighted by Gasteiger charge is 2.12. The molecule has 1 atom stereocenters. The van der Waals surface area contributed by atoms with Gasteiger partial charge in [-0.25, -0.2) is 0 Å². The van der Waals surface area contributed by atoms with Gasteiger partial charge in [0.25, 0.3) is 0 Å². The molecule has 0 N–H and O–H groups in total. The van der Waals surface area contributed by atoms with E-state index in [1.807, 2.05) is 0 Å². The predicted molar refractivity (Wildman–Crippen MR) is 70.3 cm³/mol. The van der Waals surface area contributed by atoms with Gasteiger partial charge < -0.3 is 4.90 Å². The van der Waals surface area contributed by atoms with Crippen LogP contribution in [0.3, 0.4) is 0 Å². The molecule has 1 heteroatoms. The van der Waals surface area contributed by atoms with Crippen LogP contribution in [0.2, 0.25) is 0 Å². The van der Waals surface area contributed by atoms with Crippen LogP contribution in [0.25, 0.3) is 0 Å². The third-order valence-corrected chi connectivity index (χ3v) is 3.34. The highest BCUT2D eigenvalue weighted by Crippen LogP contribution is 2.12. The summed E-state index contributed by atoms with van der Waals surface area (Å²) in [5.41, 5.74) is 0. The summed E-state index contributed by atoms with van der Waals surface area (Å²) in [5, 5.41) is 0. The number of nitrogens with zero attached hydrogens (tertiary/aromatic N) is 1. The predicted octanol–water partition coefficient (Wildman–Crippen LogP) is 4.18. The Bertz CT molecular complexity index is 123. The van der Waals surface area contributed by atoms with Gasteiger partial charge in [-0.3, -0.25) is 0 Å². The Morgan fingerprint density at radius 3 is 1.67 bits per heavy atom. The van der Waals surface area contributed by atoms with E-state index in [2.05, 4.69) is 39.5 Å². The fraction of sp³-hybridized carbons (Fsp3) is 1.00. The van der Waals surface area contributed by atoms with Gasteiger partial charge in [0, 0.05) is 6.54 Å². The molecule has 0 aliphatic rings. The zero-order chi connectivity index (χ0) is 11.7. The molecule has 0 aromatic rings. The average Bonchev–Trinajstić information content (AvgIpc) is 2.21. The van der Waals surface area contributed by atoms with E-state index in [1.54, 1.807) is 0 Å². The van der Waals surface area contributed by atoms with Crippen LogP contribution in [0, 0.1) is 11.8 Å². The van der Waals surface area contributed by atoms with E-state index in [0.29, 0.717) is 0 Å². The lowest BCUT2D eigenvalue weighted by Gasteiger charge is -2.27. The van der Waals surface area contributed by atoms with Crippen LogP contribution >= 0.6 is 0 Å². The van der Waals surface area contributed by atoms with Crippen molar-refractivity contribution >= 4 is 0 Å². The molecule has 0 bridgehead atoms. The van der Waals surface area contributed by atoms with Crippen molar-refractivity contribution in [2.75, 3.05) is 19.6 Å². The van der Waals surface area contributed by atoms with Crippen LogP contribution in [0.15, 0.2) is 0 Å². The van der Waals surface area contributed by atoms with Crippen LogP contribution in [-0.4, -0.2) is 24.5 Å². The Morgan fingerprint density at radius 2 is 1.33 bits per heavy atom. The first-order valence-corrected chi connectivity index (χ1v) is 6.84. The highest BCUT2D eigenvalue weighted by atomic mass is 15.1. The Morgan fingerprint density at radius 1 is 0.867 bits per heavy atom. The van der Waals surface area contributed by atoms with Gasteiger partial charge in [0.15, 0.2) is 0 Å². The first-order chi connectivity index (χ1) is 7.11. The molecular formula is C14H31N. The minimum atomic E-state index is 0.816. The number of hydrogen-bond donors (Lipinski definition) is 0. The van der Waals surface area contributed by atoms with Crippen molar-refractivity contribution in [3.8, 4) is 0 Å². The summed E-state index contributed by atoms with van der Waals surface area (Å²) in [6.45, 7) is 15.5. The molecule has 1 unspecified atom stereocenters. The van der Waals surface area contributed by atoms with E-state index in [0.717, 1.165) is 11.8 Å². The van der Waals surface area contributed by atoms with Gasteiger partial charge in [-0.05, 0) is 37.8 Å². The molecule has 15 heavy (non-hydrogen) atoms. The molecule has 0 heterocycles. The van der Waals surface area contributed by atoms with Gasteiger partial charge in [-0.1, -0.05) is 47.5 Å². The van der Waals surface area contributed by atoms with Crippen molar-refractivity contribution in [2.45, 2.75) is 60.3 Å². The molecule has 0 spiro atoms. The van der Waals surface area contributed by atoms with Gasteiger partial charge in [0.2, 0.25) is 0 Å². The van der Waals surface area contributed by atoms with Crippen molar-refractivity contribution in [2.24, 2.45) is 11.8 Å². The second-order valence-electron chi connectivity index (χ2n) is 5.23. The fourth-order valence-electron chi connectivity index (χ4n) is 1.68. The molecule has 0 aliphatic carbocycles. The van der Waals surface area contributed by atoms with Crippen LogP contribution in [0.5, 0.6) is 0 Å². The van der Waals surface area contributed by atoms with E-state index in [1.165, 1.54) is 45.3 Å². The maximum Gasteiger partial charge on any atom is 0.000946 e. The Balaban J connectivity index is 3.87. The van der Waals surface area contributed by atoms with Crippen molar-refractivity contribution in [1.82, 2.24) is 4.90 Å². The summed E-state index contributed by atoms with van der Waals surface area (Å²) in [6, 6.07) is 0. The fourth-order valence-corrected chi connectivity index (χ4v) is 1.68. The number of unbranched alkanes of at least 4 members (excludes halogenated alkanes) is 2. The number of rotatable bonds is 9. The molecule has 92 valence electrons. The van der Waals surface area contributed by atoms with Crippen LogP contribution in [0.1, 0.15) is 60.3 Å². The smallest absolute Gasteiger partial charge is 0.000946 e. The Hall–Kier alpha value is -0.0400. The van der Waals surface area contributed by atoms with E-state index in [-0.39, 0.29) is 0 Å². The lowest BCUT2D eigenvalue weighted by atomic mass is 9.97. The molecule has 0 amide bonds. The van der Waals surface area contributed by atoms with Crippen molar-refractivity contribution in [3.05, 3.63) is 0 Å². The summed E-state index contributed by atoms with van der Waals surface area (Å²) in [4.78, 5) is 2.66. The minimum absolute atomic E-state index is 0.816. The van der Waals surface area contributed by atoms with Gasteiger partial charge in [0.05, 0.1) is 0 Å². The molecular weight excluding hydrogens is 182 g/mol. The van der Waals surface area contributed by atoms with E-state index in [4.69, 9.17) is 0 Å². The molecule has 0 radical (unpaired) electrons. The lowest BCUT2D eigenvalue weighted by molar-refractivity contribution is 0.206. The quantitative estimate of drug-likeness (QED) is 0.555. The molecule has 0 aromatic heterocycles. The summed E-state index contributed by atoms with van der Waals surface area (Å²) >= 11 is 0. The lowest BCUT2D eigenvalue weighted by Crippen LogP contribution is -2.32. The molecule has 0 fully saturated rings. The summed E-state index contributed by atoms with van der Waals surface area (Å²) in [5.74, 6) is 1.65. The SMILES string of the molecule is CCCCN(CCCC)CC(C)C(C)C. The molecule has 0 rings (SSSR count). The Kier molecular flexibility index (Phi) is 9.18. The van der Waals surface area contributed by atoms with E-state index in [9.17, 15) is 0 Å². The molecule has 0 aliphatic heterocycles.